The van der Waals surface area contributed by atoms with E-state index in [1.54, 1.807) is 12.1 Å². The molecule has 23 heavy (non-hydrogen) atoms. The molecule has 1 atom stereocenters. The van der Waals surface area contributed by atoms with E-state index in [1.807, 2.05) is 6.07 Å². The lowest BCUT2D eigenvalue weighted by molar-refractivity contribution is 0.0959. The van der Waals surface area contributed by atoms with E-state index in [-0.39, 0.29) is 17.4 Å². The minimum atomic E-state index is -0.258. The summed E-state index contributed by atoms with van der Waals surface area (Å²) in [6, 6.07) is 6.51. The molecule has 3 rings (SSSR count). The number of aryl methyl sites for hydroxylation is 1. The minimum Gasteiger partial charge on any atom is -0.504 e. The predicted molar refractivity (Wildman–Crippen MR) is 90.3 cm³/mol. The fourth-order valence-corrected chi connectivity index (χ4v) is 3.92. The second-order valence-electron chi connectivity index (χ2n) is 5.82. The summed E-state index contributed by atoms with van der Waals surface area (Å²) in [4.78, 5) is 14.1. The molecule has 2 aromatic rings. The maximum Gasteiger partial charge on any atom is 0.281 e. The van der Waals surface area contributed by atoms with Crippen molar-refractivity contribution in [1.29, 1.82) is 0 Å². The number of rotatable bonds is 3. The number of para-hydroxylation sites is 1. The minimum absolute atomic E-state index is 0.222. The topological polar surface area (TPSA) is 81.9 Å². The largest absolute Gasteiger partial charge is 0.504 e. The Balaban J connectivity index is 1.68. The van der Waals surface area contributed by atoms with Gasteiger partial charge in [-0.1, -0.05) is 13.0 Å². The molecule has 0 aliphatic heterocycles. The second kappa shape index (κ2) is 6.42. The van der Waals surface area contributed by atoms with Crippen LogP contribution in [0.3, 0.4) is 0 Å². The third-order valence-electron chi connectivity index (χ3n) is 3.98. The fraction of sp³-hybridized carbons (Fsp3) is 0.294. The summed E-state index contributed by atoms with van der Waals surface area (Å²) in [7, 11) is 0. The molecule has 0 saturated carbocycles. The van der Waals surface area contributed by atoms with E-state index in [2.05, 4.69) is 17.5 Å². The average molecular weight is 330 g/mol. The summed E-state index contributed by atoms with van der Waals surface area (Å²) in [6.07, 6.45) is 4.54. The van der Waals surface area contributed by atoms with Gasteiger partial charge in [-0.05, 0) is 48.9 Å². The van der Waals surface area contributed by atoms with E-state index in [0.717, 1.165) is 12.8 Å². The molecule has 1 heterocycles. The Hall–Kier alpha value is -2.34. The SMILES string of the molecule is CC1CCc2cc(C(=O)N/N=C/c3cccc(O)c3O)sc2C1. The van der Waals surface area contributed by atoms with Crippen LogP contribution in [0.4, 0.5) is 0 Å². The van der Waals surface area contributed by atoms with Crippen LogP contribution in [0.1, 0.15) is 39.0 Å². The summed E-state index contributed by atoms with van der Waals surface area (Å²) in [5.41, 5.74) is 4.07. The molecule has 1 unspecified atom stereocenters. The number of hydrazone groups is 1. The molecule has 1 aromatic carbocycles. The van der Waals surface area contributed by atoms with E-state index >= 15 is 0 Å². The number of fused-ring (bicyclic) bond motifs is 1. The number of amides is 1. The van der Waals surface area contributed by atoms with Gasteiger partial charge >= 0.3 is 0 Å². The molecular formula is C17H18N2O3S. The highest BCUT2D eigenvalue weighted by atomic mass is 32.1. The Morgan fingerprint density at radius 1 is 1.43 bits per heavy atom. The molecule has 0 fully saturated rings. The van der Waals surface area contributed by atoms with Crippen LogP contribution >= 0.6 is 11.3 Å². The van der Waals surface area contributed by atoms with Gasteiger partial charge in [0, 0.05) is 10.4 Å². The highest BCUT2D eigenvalue weighted by Crippen LogP contribution is 2.32. The molecular weight excluding hydrogens is 312 g/mol. The van der Waals surface area contributed by atoms with E-state index in [4.69, 9.17) is 0 Å². The highest BCUT2D eigenvalue weighted by molar-refractivity contribution is 7.14. The van der Waals surface area contributed by atoms with Crippen LogP contribution in [-0.2, 0) is 12.8 Å². The maximum absolute atomic E-state index is 12.2. The van der Waals surface area contributed by atoms with Crippen molar-refractivity contribution in [2.75, 3.05) is 0 Å². The molecule has 0 spiro atoms. The van der Waals surface area contributed by atoms with Gasteiger partial charge in [-0.2, -0.15) is 5.10 Å². The summed E-state index contributed by atoms with van der Waals surface area (Å²) in [5, 5.41) is 22.9. The monoisotopic (exact) mass is 330 g/mol. The van der Waals surface area contributed by atoms with Gasteiger partial charge in [-0.25, -0.2) is 5.43 Å². The van der Waals surface area contributed by atoms with Crippen molar-refractivity contribution in [2.45, 2.75) is 26.2 Å². The molecule has 6 heteroatoms. The van der Waals surface area contributed by atoms with Gasteiger partial charge in [0.25, 0.3) is 5.91 Å². The van der Waals surface area contributed by atoms with Crippen molar-refractivity contribution in [3.8, 4) is 11.5 Å². The van der Waals surface area contributed by atoms with Crippen molar-refractivity contribution in [3.05, 3.63) is 45.1 Å². The average Bonchev–Trinajstić information content (AvgIpc) is 2.94. The third-order valence-corrected chi connectivity index (χ3v) is 5.17. The zero-order chi connectivity index (χ0) is 16.4. The number of carbonyl (C=O) groups is 1. The first-order valence-electron chi connectivity index (χ1n) is 7.50. The predicted octanol–water partition coefficient (Wildman–Crippen LogP) is 3.05. The molecule has 1 aliphatic carbocycles. The lowest BCUT2D eigenvalue weighted by Gasteiger charge is -2.16. The van der Waals surface area contributed by atoms with Crippen LogP contribution in [0, 0.1) is 5.92 Å². The first-order valence-corrected chi connectivity index (χ1v) is 8.32. The van der Waals surface area contributed by atoms with E-state index in [1.165, 1.54) is 40.5 Å². The summed E-state index contributed by atoms with van der Waals surface area (Å²) in [5.74, 6) is -0.0665. The number of benzene rings is 1. The fourth-order valence-electron chi connectivity index (χ4n) is 2.65. The number of hydrogen-bond acceptors (Lipinski definition) is 5. The van der Waals surface area contributed by atoms with E-state index in [9.17, 15) is 15.0 Å². The number of carbonyl (C=O) groups excluding carboxylic acids is 1. The quantitative estimate of drug-likeness (QED) is 0.459. The van der Waals surface area contributed by atoms with Crippen molar-refractivity contribution in [3.63, 3.8) is 0 Å². The molecule has 120 valence electrons. The Kier molecular flexibility index (Phi) is 4.34. The zero-order valence-corrected chi connectivity index (χ0v) is 13.6. The van der Waals surface area contributed by atoms with Gasteiger partial charge in [0.15, 0.2) is 11.5 Å². The van der Waals surface area contributed by atoms with Gasteiger partial charge in [0.1, 0.15) is 0 Å². The van der Waals surface area contributed by atoms with Crippen molar-refractivity contribution in [2.24, 2.45) is 11.0 Å². The van der Waals surface area contributed by atoms with Crippen LogP contribution in [0.2, 0.25) is 0 Å². The van der Waals surface area contributed by atoms with Crippen LogP contribution in [0.15, 0.2) is 29.4 Å². The molecule has 1 aromatic heterocycles. The number of phenolic OH excluding ortho intramolecular Hbond substituents is 2. The summed E-state index contributed by atoms with van der Waals surface area (Å²) in [6.45, 7) is 2.23. The van der Waals surface area contributed by atoms with Gasteiger partial charge < -0.3 is 10.2 Å². The maximum atomic E-state index is 12.2. The van der Waals surface area contributed by atoms with Crippen molar-refractivity contribution >= 4 is 23.5 Å². The molecule has 3 N–H and O–H groups in total. The van der Waals surface area contributed by atoms with Crippen LogP contribution in [0.25, 0.3) is 0 Å². The first kappa shape index (κ1) is 15.6. The van der Waals surface area contributed by atoms with Gasteiger partial charge in [-0.15, -0.1) is 11.3 Å². The molecule has 0 saturated heterocycles. The lowest BCUT2D eigenvalue weighted by Crippen LogP contribution is -2.16. The first-order chi connectivity index (χ1) is 11.0. The summed E-state index contributed by atoms with van der Waals surface area (Å²) < 4.78 is 0. The third kappa shape index (κ3) is 3.37. The molecule has 0 radical (unpaired) electrons. The zero-order valence-electron chi connectivity index (χ0n) is 12.7. The molecule has 0 bridgehead atoms. The Bertz CT molecular complexity index is 767. The Morgan fingerprint density at radius 3 is 3.09 bits per heavy atom. The molecule has 1 aliphatic rings. The number of nitrogens with zero attached hydrogens (tertiary/aromatic N) is 1. The number of phenols is 2. The Morgan fingerprint density at radius 2 is 2.26 bits per heavy atom. The van der Waals surface area contributed by atoms with Gasteiger partial charge in [-0.3, -0.25) is 4.79 Å². The van der Waals surface area contributed by atoms with Crippen LogP contribution in [-0.4, -0.2) is 22.3 Å². The van der Waals surface area contributed by atoms with Gasteiger partial charge in [0.2, 0.25) is 0 Å². The number of aromatic hydroxyl groups is 2. The number of thiophene rings is 1. The standard InChI is InChI=1S/C17H18N2O3S/c1-10-5-6-11-8-15(23-14(11)7-10)17(22)19-18-9-12-3-2-4-13(20)16(12)21/h2-4,8-10,20-21H,5-7H2,1H3,(H,19,22)/b18-9+. The molecule has 5 nitrogen and oxygen atoms in total. The van der Waals surface area contributed by atoms with Crippen LogP contribution < -0.4 is 5.43 Å². The second-order valence-corrected chi connectivity index (χ2v) is 6.96. The number of hydrogen-bond donors (Lipinski definition) is 3. The van der Waals surface area contributed by atoms with Crippen molar-refractivity contribution < 1.29 is 15.0 Å². The smallest absolute Gasteiger partial charge is 0.281 e. The van der Waals surface area contributed by atoms with E-state index < -0.39 is 0 Å². The van der Waals surface area contributed by atoms with Crippen molar-refractivity contribution in [1.82, 2.24) is 5.43 Å². The molecule has 1 amide bonds. The van der Waals surface area contributed by atoms with E-state index in [0.29, 0.717) is 16.4 Å². The highest BCUT2D eigenvalue weighted by Gasteiger charge is 2.20. The Labute approximate surface area is 138 Å². The number of nitrogens with one attached hydrogen (secondary N) is 1. The summed E-state index contributed by atoms with van der Waals surface area (Å²) >= 11 is 1.52. The van der Waals surface area contributed by atoms with Gasteiger partial charge in [0.05, 0.1) is 11.1 Å². The lowest BCUT2D eigenvalue weighted by atomic mass is 9.90. The van der Waals surface area contributed by atoms with Crippen LogP contribution in [0.5, 0.6) is 11.5 Å². The normalized spacial score (nSPS) is 17.2.